The van der Waals surface area contributed by atoms with Crippen molar-refractivity contribution in [2.24, 2.45) is 5.92 Å². The third-order valence-corrected chi connectivity index (χ3v) is 3.08. The Morgan fingerprint density at radius 1 is 1.22 bits per heavy atom. The number of hydrogen-bond donors (Lipinski definition) is 2. The van der Waals surface area contributed by atoms with Gasteiger partial charge in [0.15, 0.2) is 5.91 Å². The van der Waals surface area contributed by atoms with E-state index < -0.39 is 0 Å². The maximum Gasteiger partial charge on any atom is 2.00 e. The van der Waals surface area contributed by atoms with Crippen LogP contribution in [0.5, 0.6) is 0 Å². The Morgan fingerprint density at radius 2 is 1.94 bits per heavy atom. The van der Waals surface area contributed by atoms with Crippen molar-refractivity contribution in [3.63, 3.8) is 0 Å². The number of nitrogens with one attached hydrogen (secondary N) is 2. The van der Waals surface area contributed by atoms with Gasteiger partial charge in [-0.15, -0.1) is 0 Å². The smallest absolute Gasteiger partial charge is 0.356 e. The van der Waals surface area contributed by atoms with E-state index in [2.05, 4.69) is 10.6 Å². The number of hydrogen-bond acceptors (Lipinski definition) is 2. The summed E-state index contributed by atoms with van der Waals surface area (Å²) in [6, 6.07) is 0.217. The van der Waals surface area contributed by atoms with Crippen LogP contribution in [-0.2, 0) is 9.59 Å². The fourth-order valence-electron chi connectivity index (χ4n) is 1.91. The van der Waals surface area contributed by atoms with E-state index in [1.165, 1.54) is 0 Å². The molecule has 1 heterocycles. The van der Waals surface area contributed by atoms with Crippen molar-refractivity contribution in [3.05, 3.63) is 6.42 Å². The molecule has 0 bridgehead atoms. The van der Waals surface area contributed by atoms with E-state index in [0.29, 0.717) is 12.8 Å². The molecule has 1 saturated heterocycles. The van der Waals surface area contributed by atoms with Crippen LogP contribution in [0.3, 0.4) is 0 Å². The number of amides is 2. The van der Waals surface area contributed by atoms with Crippen LogP contribution in [-0.4, -0.2) is 24.4 Å². The number of carbonyl (C=O) groups is 2. The van der Waals surface area contributed by atoms with Crippen LogP contribution in [0.25, 0.3) is 0 Å². The molecule has 0 aromatic rings. The zero-order valence-electron chi connectivity index (χ0n) is 11.3. The number of rotatable bonds is 0. The third-order valence-electron chi connectivity index (χ3n) is 3.08. The van der Waals surface area contributed by atoms with Crippen molar-refractivity contribution in [2.45, 2.75) is 52.0 Å². The molecule has 1 fully saturated rings. The molecular formula is C13H23N2O2U+. The Bertz CT molecular complexity index is 272. The van der Waals surface area contributed by atoms with Crippen molar-refractivity contribution in [3.8, 4) is 0 Å². The first kappa shape index (κ1) is 18.0. The van der Waals surface area contributed by atoms with Crippen molar-refractivity contribution in [1.82, 2.24) is 10.6 Å². The van der Waals surface area contributed by atoms with Crippen molar-refractivity contribution in [2.75, 3.05) is 6.54 Å². The Labute approximate surface area is 133 Å². The van der Waals surface area contributed by atoms with Gasteiger partial charge in [0, 0.05) is 12.6 Å². The zero-order valence-corrected chi connectivity index (χ0v) is 15.5. The summed E-state index contributed by atoms with van der Waals surface area (Å²) in [6.45, 7) is 4.65. The average molecular weight is 477 g/mol. The summed E-state index contributed by atoms with van der Waals surface area (Å²) >= 11 is 0. The summed E-state index contributed by atoms with van der Waals surface area (Å²) in [7, 11) is 0. The molecule has 100 valence electrons. The van der Waals surface area contributed by atoms with E-state index in [1.54, 1.807) is 0 Å². The summed E-state index contributed by atoms with van der Waals surface area (Å²) in [4.78, 5) is 23.2. The molecular weight excluding hydrogens is 454 g/mol. The summed E-state index contributed by atoms with van der Waals surface area (Å²) < 4.78 is 0. The minimum absolute atomic E-state index is 0. The van der Waals surface area contributed by atoms with Crippen LogP contribution < -0.4 is 10.6 Å². The minimum Gasteiger partial charge on any atom is -0.356 e. The first-order valence-electron chi connectivity index (χ1n) is 6.50. The molecule has 5 heteroatoms. The summed E-state index contributed by atoms with van der Waals surface area (Å²) in [5.41, 5.74) is 0. The summed E-state index contributed by atoms with van der Waals surface area (Å²) in [6.07, 6.45) is 6.03. The molecule has 0 aromatic heterocycles. The molecule has 2 atom stereocenters. The van der Waals surface area contributed by atoms with Crippen LogP contribution in [0.15, 0.2) is 0 Å². The molecule has 18 heavy (non-hydrogen) atoms. The van der Waals surface area contributed by atoms with Gasteiger partial charge in [-0.05, 0) is 32.6 Å². The van der Waals surface area contributed by atoms with E-state index in [9.17, 15) is 9.59 Å². The first-order valence-corrected chi connectivity index (χ1v) is 6.50. The normalized spacial score (nSPS) is 27.7. The van der Waals surface area contributed by atoms with Crippen molar-refractivity contribution >= 4 is 11.8 Å². The quantitative estimate of drug-likeness (QED) is 0.519. The van der Waals surface area contributed by atoms with E-state index in [0.717, 1.165) is 25.8 Å². The fraction of sp³-hybridized carbons (Fsp3) is 0.769. The molecule has 1 aliphatic rings. The molecule has 2 N–H and O–H groups in total. The predicted molar refractivity (Wildman–Crippen MR) is 67.2 cm³/mol. The maximum atomic E-state index is 11.8. The predicted octanol–water partition coefficient (Wildman–Crippen LogP) is 1.41. The van der Waals surface area contributed by atoms with Gasteiger partial charge in [-0.25, -0.2) is 0 Å². The number of carbonyl (C=O) groups excluding carboxylic acids is 2. The molecule has 0 saturated carbocycles. The molecule has 2 unspecified atom stereocenters. The molecule has 0 aliphatic carbocycles. The molecule has 1 rings (SSSR count). The zero-order chi connectivity index (χ0) is 12.7. The van der Waals surface area contributed by atoms with Crippen LogP contribution in [0.1, 0.15) is 46.0 Å². The van der Waals surface area contributed by atoms with Gasteiger partial charge in [0.1, 0.15) is 0 Å². The second-order valence-electron chi connectivity index (χ2n) is 4.82. The third kappa shape index (κ3) is 7.43. The minimum atomic E-state index is -0.119. The van der Waals surface area contributed by atoms with E-state index in [1.807, 2.05) is 20.3 Å². The molecule has 2 amide bonds. The standard InChI is InChI=1S/C13H23N2O2.U/c1-10-6-5-8-12(16)14-9-4-3-7-11(2)15-13(10)17;/h6,10-11H,3-5,7-9H2,1-2H3,(H,14,16)(H,15,17);/q-1;+2. The van der Waals surface area contributed by atoms with Gasteiger partial charge in [-0.1, -0.05) is 12.8 Å². The molecule has 1 aliphatic heterocycles. The van der Waals surface area contributed by atoms with Gasteiger partial charge in [0.05, 0.1) is 0 Å². The molecule has 0 radical (unpaired) electrons. The Kier molecular flexibility index (Phi) is 9.86. The Balaban J connectivity index is 0.00000289. The monoisotopic (exact) mass is 477 g/mol. The fourth-order valence-corrected chi connectivity index (χ4v) is 1.91. The van der Waals surface area contributed by atoms with Gasteiger partial charge < -0.3 is 17.1 Å². The topological polar surface area (TPSA) is 58.2 Å². The molecule has 0 spiro atoms. The summed E-state index contributed by atoms with van der Waals surface area (Å²) in [5, 5.41) is 5.90. The van der Waals surface area contributed by atoms with Gasteiger partial charge in [-0.2, -0.15) is 6.42 Å². The molecule has 0 aromatic carbocycles. The van der Waals surface area contributed by atoms with Gasteiger partial charge >= 0.3 is 31.1 Å². The van der Waals surface area contributed by atoms with E-state index in [-0.39, 0.29) is 54.9 Å². The Morgan fingerprint density at radius 3 is 2.67 bits per heavy atom. The van der Waals surface area contributed by atoms with Gasteiger partial charge in [-0.3, -0.25) is 9.59 Å². The average Bonchev–Trinajstić information content (AvgIpc) is 2.28. The second kappa shape index (κ2) is 9.86. The first-order chi connectivity index (χ1) is 8.09. The summed E-state index contributed by atoms with van der Waals surface area (Å²) in [5.74, 6) is 0.0318. The van der Waals surface area contributed by atoms with Crippen LogP contribution in [0.4, 0.5) is 0 Å². The van der Waals surface area contributed by atoms with E-state index in [4.69, 9.17) is 0 Å². The van der Waals surface area contributed by atoms with Gasteiger partial charge in [0.2, 0.25) is 5.91 Å². The van der Waals surface area contributed by atoms with Crippen molar-refractivity contribution < 1.29 is 40.7 Å². The maximum absolute atomic E-state index is 11.8. The molecule has 4 nitrogen and oxygen atoms in total. The van der Waals surface area contributed by atoms with Crippen molar-refractivity contribution in [1.29, 1.82) is 0 Å². The van der Waals surface area contributed by atoms with Gasteiger partial charge in [0.25, 0.3) is 0 Å². The SMILES string of the molecule is CC1CCCCNC(=O)CC[CH-]C(C)C(=O)N1.[U+2]. The van der Waals surface area contributed by atoms with Crippen LogP contribution in [0.2, 0.25) is 0 Å². The second-order valence-corrected chi connectivity index (χ2v) is 4.82. The van der Waals surface area contributed by atoms with E-state index >= 15 is 0 Å². The Hall–Kier alpha value is -0.00805. The van der Waals surface area contributed by atoms with Crippen LogP contribution >= 0.6 is 0 Å². The van der Waals surface area contributed by atoms with Crippen LogP contribution in [0, 0.1) is 43.5 Å². The largest absolute Gasteiger partial charge is 2.00 e.